The molecule has 3 aromatic carbocycles. The predicted octanol–water partition coefficient (Wildman–Crippen LogP) is 2.55. The van der Waals surface area contributed by atoms with Crippen LogP contribution in [0.3, 0.4) is 0 Å². The lowest BCUT2D eigenvalue weighted by Crippen LogP contribution is -2.46. The van der Waals surface area contributed by atoms with E-state index in [4.69, 9.17) is 23.7 Å². The van der Waals surface area contributed by atoms with Gasteiger partial charge in [-0.15, -0.1) is 0 Å². The molecule has 10 nitrogen and oxygen atoms in total. The van der Waals surface area contributed by atoms with Gasteiger partial charge in [-0.2, -0.15) is 0 Å². The van der Waals surface area contributed by atoms with Gasteiger partial charge in [-0.05, 0) is 36.4 Å². The summed E-state index contributed by atoms with van der Waals surface area (Å²) in [5.74, 6) is -2.38. The summed E-state index contributed by atoms with van der Waals surface area (Å²) < 4.78 is 27.5. The zero-order chi connectivity index (χ0) is 26.9. The predicted molar refractivity (Wildman–Crippen MR) is 130 cm³/mol. The van der Waals surface area contributed by atoms with Crippen LogP contribution in [-0.4, -0.2) is 66.8 Å². The van der Waals surface area contributed by atoms with Crippen LogP contribution < -0.4 is 0 Å². The molecule has 0 spiro atoms. The van der Waals surface area contributed by atoms with E-state index in [0.717, 1.165) is 0 Å². The molecule has 0 aromatic heterocycles. The summed E-state index contributed by atoms with van der Waals surface area (Å²) in [6, 6.07) is 24.0. The second-order valence-electron chi connectivity index (χ2n) is 8.17. The van der Waals surface area contributed by atoms with Crippen LogP contribution in [0.25, 0.3) is 0 Å². The Morgan fingerprint density at radius 1 is 0.737 bits per heavy atom. The minimum Gasteiger partial charge on any atom is -0.454 e. The zero-order valence-corrected chi connectivity index (χ0v) is 20.0. The minimum atomic E-state index is -1.55. The molecule has 1 N–H and O–H groups in total. The van der Waals surface area contributed by atoms with Crippen LogP contribution >= 0.6 is 0 Å². The lowest BCUT2D eigenvalue weighted by atomic mass is 10.1. The van der Waals surface area contributed by atoms with E-state index in [2.05, 4.69) is 0 Å². The average Bonchev–Trinajstić information content (AvgIpc) is 3.29. The molecule has 4 rings (SSSR count). The number of ether oxygens (including phenoxy) is 5. The minimum absolute atomic E-state index is 0.0903. The van der Waals surface area contributed by atoms with Crippen LogP contribution in [0, 0.1) is 0 Å². The smallest absolute Gasteiger partial charge is 0.340 e. The molecule has 0 bridgehead atoms. The highest BCUT2D eigenvalue weighted by molar-refractivity contribution is 5.90. The normalized spacial score (nSPS) is 21.1. The van der Waals surface area contributed by atoms with E-state index in [9.17, 15) is 24.3 Å². The van der Waals surface area contributed by atoms with E-state index in [0.29, 0.717) is 0 Å². The van der Waals surface area contributed by atoms with Crippen molar-refractivity contribution in [2.45, 2.75) is 30.7 Å². The molecular weight excluding hydrogens is 496 g/mol. The summed E-state index contributed by atoms with van der Waals surface area (Å²) in [5, 5.41) is 10.1. The second-order valence-corrected chi connectivity index (χ2v) is 8.17. The molecule has 0 aliphatic carbocycles. The topological polar surface area (TPSA) is 135 Å². The Bertz CT molecular complexity index is 1230. The summed E-state index contributed by atoms with van der Waals surface area (Å²) in [6.07, 6.45) is -7.13. The van der Waals surface area contributed by atoms with Gasteiger partial charge in [0, 0.05) is 0 Å². The third-order valence-corrected chi connectivity index (χ3v) is 5.72. The molecule has 1 aliphatic heterocycles. The van der Waals surface area contributed by atoms with Crippen LogP contribution in [0.5, 0.6) is 0 Å². The molecular formula is C28H24O10. The first-order valence-electron chi connectivity index (χ1n) is 11.7. The lowest BCUT2D eigenvalue weighted by molar-refractivity contribution is -0.168. The molecule has 1 heterocycles. The molecule has 0 amide bonds. The van der Waals surface area contributed by atoms with Crippen molar-refractivity contribution in [2.75, 3.05) is 6.61 Å². The molecule has 1 fully saturated rings. The van der Waals surface area contributed by atoms with E-state index in [1.54, 1.807) is 54.6 Å². The summed E-state index contributed by atoms with van der Waals surface area (Å²) in [7, 11) is 0. The SMILES string of the molecule is O=CO[C@H]1[C@H](OC(=O)c2ccccc2)O[C@H]([C@@H](CO)OC(=O)c2ccccc2)[C@@H]1OC(=O)c1ccccc1. The van der Waals surface area contributed by atoms with E-state index < -0.39 is 55.2 Å². The Hall–Kier alpha value is -4.54. The number of hydrogen-bond donors (Lipinski definition) is 1. The van der Waals surface area contributed by atoms with Crippen LogP contribution in [0.1, 0.15) is 31.1 Å². The van der Waals surface area contributed by atoms with Crippen molar-refractivity contribution in [3.05, 3.63) is 108 Å². The van der Waals surface area contributed by atoms with Crippen LogP contribution in [0.2, 0.25) is 0 Å². The van der Waals surface area contributed by atoms with Crippen LogP contribution in [0.4, 0.5) is 0 Å². The first-order valence-corrected chi connectivity index (χ1v) is 11.7. The van der Waals surface area contributed by atoms with Crippen LogP contribution in [-0.2, 0) is 28.5 Å². The quantitative estimate of drug-likeness (QED) is 0.241. The molecule has 1 aliphatic rings. The first-order chi connectivity index (χ1) is 18.5. The van der Waals surface area contributed by atoms with Gasteiger partial charge in [-0.1, -0.05) is 54.6 Å². The van der Waals surface area contributed by atoms with Gasteiger partial charge in [0.25, 0.3) is 6.47 Å². The Morgan fingerprint density at radius 2 is 1.21 bits per heavy atom. The van der Waals surface area contributed by atoms with Crippen molar-refractivity contribution in [1.82, 2.24) is 0 Å². The first kappa shape index (κ1) is 26.5. The van der Waals surface area contributed by atoms with E-state index in [1.807, 2.05) is 0 Å². The number of esters is 3. The molecule has 38 heavy (non-hydrogen) atoms. The third-order valence-electron chi connectivity index (χ3n) is 5.72. The molecule has 0 unspecified atom stereocenters. The summed E-state index contributed by atoms with van der Waals surface area (Å²) in [4.78, 5) is 49.7. The summed E-state index contributed by atoms with van der Waals surface area (Å²) >= 11 is 0. The second kappa shape index (κ2) is 12.6. The van der Waals surface area contributed by atoms with Crippen molar-refractivity contribution in [2.24, 2.45) is 0 Å². The van der Waals surface area contributed by atoms with Gasteiger partial charge in [-0.3, -0.25) is 4.79 Å². The molecule has 196 valence electrons. The molecule has 0 radical (unpaired) electrons. The van der Waals surface area contributed by atoms with Crippen molar-refractivity contribution in [3.63, 3.8) is 0 Å². The van der Waals surface area contributed by atoms with Crippen molar-refractivity contribution in [3.8, 4) is 0 Å². The highest BCUT2D eigenvalue weighted by atomic mass is 16.8. The van der Waals surface area contributed by atoms with Gasteiger partial charge in [-0.25, -0.2) is 14.4 Å². The Labute approximate surface area is 217 Å². The van der Waals surface area contributed by atoms with Gasteiger partial charge in [0.1, 0.15) is 6.10 Å². The van der Waals surface area contributed by atoms with Gasteiger partial charge < -0.3 is 28.8 Å². The number of aliphatic hydroxyl groups is 1. The fourth-order valence-electron chi connectivity index (χ4n) is 3.89. The number of hydrogen-bond acceptors (Lipinski definition) is 10. The van der Waals surface area contributed by atoms with E-state index in [1.165, 1.54) is 36.4 Å². The monoisotopic (exact) mass is 520 g/mol. The maximum absolute atomic E-state index is 12.9. The average molecular weight is 520 g/mol. The van der Waals surface area contributed by atoms with Crippen molar-refractivity contribution in [1.29, 1.82) is 0 Å². The number of rotatable bonds is 10. The van der Waals surface area contributed by atoms with Crippen LogP contribution in [0.15, 0.2) is 91.0 Å². The Kier molecular flexibility index (Phi) is 8.81. The molecule has 0 saturated carbocycles. The van der Waals surface area contributed by atoms with Gasteiger partial charge >= 0.3 is 17.9 Å². The third kappa shape index (κ3) is 6.23. The van der Waals surface area contributed by atoms with Gasteiger partial charge in [0.15, 0.2) is 12.2 Å². The summed E-state index contributed by atoms with van der Waals surface area (Å²) in [6.45, 7) is -0.650. The zero-order valence-electron chi connectivity index (χ0n) is 20.0. The number of carbonyl (C=O) groups excluding carboxylic acids is 4. The van der Waals surface area contributed by atoms with E-state index >= 15 is 0 Å². The fourth-order valence-corrected chi connectivity index (χ4v) is 3.89. The van der Waals surface area contributed by atoms with Gasteiger partial charge in [0.2, 0.25) is 12.4 Å². The Balaban J connectivity index is 1.62. The molecule has 10 heteroatoms. The van der Waals surface area contributed by atoms with Crippen molar-refractivity contribution < 1.29 is 48.0 Å². The van der Waals surface area contributed by atoms with Gasteiger partial charge in [0.05, 0.1) is 23.3 Å². The summed E-state index contributed by atoms with van der Waals surface area (Å²) in [5.41, 5.74) is 0.577. The molecule has 1 saturated heterocycles. The fraction of sp³-hybridized carbons (Fsp3) is 0.214. The number of carbonyl (C=O) groups is 4. The molecule has 5 atom stereocenters. The lowest BCUT2D eigenvalue weighted by Gasteiger charge is -2.26. The van der Waals surface area contributed by atoms with E-state index in [-0.39, 0.29) is 23.2 Å². The Morgan fingerprint density at radius 3 is 1.68 bits per heavy atom. The maximum atomic E-state index is 12.9. The van der Waals surface area contributed by atoms with Crippen molar-refractivity contribution >= 4 is 24.4 Å². The largest absolute Gasteiger partial charge is 0.454 e. The maximum Gasteiger partial charge on any atom is 0.340 e. The standard InChI is InChI=1S/C28H24O10/c29-16-21(35-25(31)18-10-4-1-5-11-18)22-23(36-26(32)19-12-6-2-7-13-19)24(34-17-30)28(37-22)38-27(33)20-14-8-3-9-15-20/h1-15,17,21-24,28-29H,16H2/t21-,22-,23+,24-,28+/m1/s1. The highest BCUT2D eigenvalue weighted by Gasteiger charge is 2.54. The molecule has 3 aromatic rings. The number of aliphatic hydroxyl groups excluding tert-OH is 1. The highest BCUT2D eigenvalue weighted by Crippen LogP contribution is 2.32. The number of benzene rings is 3.